The van der Waals surface area contributed by atoms with E-state index in [9.17, 15) is 4.79 Å². The Bertz CT molecular complexity index is 734. The average Bonchev–Trinajstić information content (AvgIpc) is 2.54. The van der Waals surface area contributed by atoms with Crippen LogP contribution in [0.4, 0.5) is 0 Å². The first kappa shape index (κ1) is 13.3. The summed E-state index contributed by atoms with van der Waals surface area (Å²) in [6.45, 7) is 5.63. The van der Waals surface area contributed by atoms with Crippen LogP contribution in [-0.2, 0) is 4.79 Å². The number of hydrazone groups is 1. The molecule has 3 heteroatoms. The lowest BCUT2D eigenvalue weighted by atomic mass is 9.90. The summed E-state index contributed by atoms with van der Waals surface area (Å²) in [4.78, 5) is 12.2. The highest BCUT2D eigenvalue weighted by Crippen LogP contribution is 2.35. The molecule has 1 heterocycles. The lowest BCUT2D eigenvalue weighted by Crippen LogP contribution is -2.33. The number of rotatable bonds is 2. The zero-order chi connectivity index (χ0) is 14.8. The predicted molar refractivity (Wildman–Crippen MR) is 84.1 cm³/mol. The number of hydrogen-bond donors (Lipinski definition) is 0. The van der Waals surface area contributed by atoms with Crippen molar-refractivity contribution >= 4 is 12.1 Å². The maximum absolute atomic E-state index is 12.2. The fraction of sp³-hybridized carbons (Fsp3) is 0.111. The van der Waals surface area contributed by atoms with E-state index in [1.165, 1.54) is 11.1 Å². The van der Waals surface area contributed by atoms with Gasteiger partial charge in [0.2, 0.25) is 0 Å². The Morgan fingerprint density at radius 3 is 2.52 bits per heavy atom. The molecular formula is C18H16N2O. The first-order valence-electron chi connectivity index (χ1n) is 6.86. The van der Waals surface area contributed by atoms with Gasteiger partial charge in [0.25, 0.3) is 5.91 Å². The van der Waals surface area contributed by atoms with Crippen LogP contribution in [-0.4, -0.2) is 17.1 Å². The SMILES string of the molecule is C=CC(=O)N1N=Cc2ccccc2C1c1ccccc1C. The molecule has 0 saturated carbocycles. The minimum Gasteiger partial charge on any atom is -0.268 e. The molecule has 2 aromatic carbocycles. The van der Waals surface area contributed by atoms with E-state index in [2.05, 4.69) is 11.7 Å². The van der Waals surface area contributed by atoms with Crippen molar-refractivity contribution in [1.29, 1.82) is 0 Å². The van der Waals surface area contributed by atoms with Crippen molar-refractivity contribution in [2.24, 2.45) is 5.10 Å². The van der Waals surface area contributed by atoms with E-state index in [0.29, 0.717) is 0 Å². The molecular weight excluding hydrogens is 260 g/mol. The summed E-state index contributed by atoms with van der Waals surface area (Å²) in [5.74, 6) is -0.200. The zero-order valence-electron chi connectivity index (χ0n) is 11.9. The molecule has 104 valence electrons. The van der Waals surface area contributed by atoms with Crippen LogP contribution in [0.15, 0.2) is 66.3 Å². The van der Waals surface area contributed by atoms with Crippen molar-refractivity contribution in [2.45, 2.75) is 13.0 Å². The van der Waals surface area contributed by atoms with Gasteiger partial charge in [-0.2, -0.15) is 5.10 Å². The van der Waals surface area contributed by atoms with Gasteiger partial charge in [-0.05, 0) is 29.7 Å². The van der Waals surface area contributed by atoms with Crippen LogP contribution in [0.2, 0.25) is 0 Å². The second-order valence-electron chi connectivity index (χ2n) is 5.02. The lowest BCUT2D eigenvalue weighted by Gasteiger charge is -2.32. The normalized spacial score (nSPS) is 16.4. The third kappa shape index (κ3) is 2.27. The molecule has 0 radical (unpaired) electrons. The van der Waals surface area contributed by atoms with Gasteiger partial charge >= 0.3 is 0 Å². The molecule has 1 atom stereocenters. The van der Waals surface area contributed by atoms with Gasteiger partial charge in [-0.15, -0.1) is 0 Å². The van der Waals surface area contributed by atoms with E-state index in [1.807, 2.05) is 55.5 Å². The summed E-state index contributed by atoms with van der Waals surface area (Å²) >= 11 is 0. The molecule has 2 aromatic rings. The van der Waals surface area contributed by atoms with E-state index in [0.717, 1.165) is 22.3 Å². The highest BCUT2D eigenvalue weighted by molar-refractivity contribution is 5.91. The molecule has 0 aliphatic carbocycles. The smallest absolute Gasteiger partial charge is 0.266 e. The topological polar surface area (TPSA) is 32.7 Å². The van der Waals surface area contributed by atoms with Crippen molar-refractivity contribution in [2.75, 3.05) is 0 Å². The fourth-order valence-electron chi connectivity index (χ4n) is 2.67. The summed E-state index contributed by atoms with van der Waals surface area (Å²) < 4.78 is 0. The molecule has 1 aliphatic rings. The highest BCUT2D eigenvalue weighted by Gasteiger charge is 2.30. The molecule has 0 fully saturated rings. The van der Waals surface area contributed by atoms with Gasteiger partial charge < -0.3 is 0 Å². The van der Waals surface area contributed by atoms with Crippen LogP contribution in [0.1, 0.15) is 28.3 Å². The largest absolute Gasteiger partial charge is 0.268 e. The summed E-state index contributed by atoms with van der Waals surface area (Å²) in [7, 11) is 0. The van der Waals surface area contributed by atoms with Gasteiger partial charge in [-0.1, -0.05) is 55.1 Å². The number of amides is 1. The van der Waals surface area contributed by atoms with Gasteiger partial charge in [0.05, 0.1) is 6.21 Å². The second kappa shape index (κ2) is 5.37. The molecule has 0 bridgehead atoms. The highest BCUT2D eigenvalue weighted by atomic mass is 16.2. The Morgan fingerprint density at radius 1 is 1.14 bits per heavy atom. The van der Waals surface area contributed by atoms with E-state index >= 15 is 0 Å². The van der Waals surface area contributed by atoms with Crippen LogP contribution in [0.5, 0.6) is 0 Å². The van der Waals surface area contributed by atoms with E-state index in [-0.39, 0.29) is 11.9 Å². The van der Waals surface area contributed by atoms with E-state index < -0.39 is 0 Å². The standard InChI is InChI=1S/C18H16N2O/c1-3-17(21)20-18(15-10-6-4-8-13(15)2)16-11-7-5-9-14(16)12-19-20/h3-12,18H,1H2,2H3. The Morgan fingerprint density at radius 2 is 1.81 bits per heavy atom. The quantitative estimate of drug-likeness (QED) is 0.773. The van der Waals surface area contributed by atoms with Crippen LogP contribution in [0, 0.1) is 6.92 Å². The number of hydrogen-bond acceptors (Lipinski definition) is 2. The van der Waals surface area contributed by atoms with Crippen LogP contribution >= 0.6 is 0 Å². The van der Waals surface area contributed by atoms with Crippen LogP contribution in [0.3, 0.4) is 0 Å². The number of aryl methyl sites for hydroxylation is 1. The zero-order valence-corrected chi connectivity index (χ0v) is 11.9. The average molecular weight is 276 g/mol. The number of fused-ring (bicyclic) bond motifs is 1. The Kier molecular flexibility index (Phi) is 3.40. The Balaban J connectivity index is 2.20. The predicted octanol–water partition coefficient (Wildman–Crippen LogP) is 3.45. The summed E-state index contributed by atoms with van der Waals surface area (Å²) in [6.07, 6.45) is 3.03. The van der Waals surface area contributed by atoms with Crippen molar-refractivity contribution in [1.82, 2.24) is 5.01 Å². The van der Waals surface area contributed by atoms with Gasteiger partial charge in [-0.3, -0.25) is 4.79 Å². The lowest BCUT2D eigenvalue weighted by molar-refractivity contribution is -0.127. The third-order valence-corrected chi connectivity index (χ3v) is 3.74. The fourth-order valence-corrected chi connectivity index (χ4v) is 2.67. The Hall–Kier alpha value is -2.68. The molecule has 1 amide bonds. The van der Waals surface area contributed by atoms with Crippen molar-refractivity contribution < 1.29 is 4.79 Å². The van der Waals surface area contributed by atoms with Crippen molar-refractivity contribution in [3.63, 3.8) is 0 Å². The van der Waals surface area contributed by atoms with Gasteiger partial charge in [0, 0.05) is 5.56 Å². The molecule has 1 aliphatic heterocycles. The molecule has 1 unspecified atom stereocenters. The van der Waals surface area contributed by atoms with E-state index in [1.54, 1.807) is 6.21 Å². The summed E-state index contributed by atoms with van der Waals surface area (Å²) in [5.41, 5.74) is 4.34. The Labute approximate surface area is 124 Å². The van der Waals surface area contributed by atoms with Crippen molar-refractivity contribution in [3.05, 3.63) is 83.4 Å². The van der Waals surface area contributed by atoms with Crippen LogP contribution in [0.25, 0.3) is 0 Å². The first-order chi connectivity index (χ1) is 10.2. The van der Waals surface area contributed by atoms with Gasteiger partial charge in [0.1, 0.15) is 6.04 Å². The number of carbonyl (C=O) groups is 1. The number of benzene rings is 2. The molecule has 0 saturated heterocycles. The third-order valence-electron chi connectivity index (χ3n) is 3.74. The van der Waals surface area contributed by atoms with Gasteiger partial charge in [0.15, 0.2) is 0 Å². The summed E-state index contributed by atoms with van der Waals surface area (Å²) in [5, 5.41) is 5.83. The minimum atomic E-state index is -0.210. The monoisotopic (exact) mass is 276 g/mol. The van der Waals surface area contributed by atoms with Crippen LogP contribution < -0.4 is 0 Å². The molecule has 21 heavy (non-hydrogen) atoms. The maximum atomic E-state index is 12.2. The maximum Gasteiger partial charge on any atom is 0.266 e. The summed E-state index contributed by atoms with van der Waals surface area (Å²) in [6, 6.07) is 15.9. The second-order valence-corrected chi connectivity index (χ2v) is 5.02. The van der Waals surface area contributed by atoms with Gasteiger partial charge in [-0.25, -0.2) is 5.01 Å². The molecule has 0 aromatic heterocycles. The first-order valence-corrected chi connectivity index (χ1v) is 6.86. The van der Waals surface area contributed by atoms with Crippen molar-refractivity contribution in [3.8, 4) is 0 Å². The minimum absolute atomic E-state index is 0.200. The molecule has 3 nitrogen and oxygen atoms in total. The molecule has 0 spiro atoms. The molecule has 0 N–H and O–H groups in total. The van der Waals surface area contributed by atoms with E-state index in [4.69, 9.17) is 0 Å². The number of carbonyl (C=O) groups excluding carboxylic acids is 1. The molecule has 3 rings (SSSR count). The number of nitrogens with zero attached hydrogens (tertiary/aromatic N) is 2.